The minimum absolute atomic E-state index is 0.0638. The molecular weight excluding hydrogens is 210 g/mol. The summed E-state index contributed by atoms with van der Waals surface area (Å²) in [7, 11) is 3.29. The Balaban J connectivity index is 3.09. The largest absolute Gasteiger partial charge is 0.496 e. The van der Waals surface area contributed by atoms with Crippen LogP contribution in [0.15, 0.2) is 18.2 Å². The van der Waals surface area contributed by atoms with Gasteiger partial charge in [0.15, 0.2) is 0 Å². The second-order valence-electron chi connectivity index (χ2n) is 3.14. The molecule has 1 rings (SSSR count). The molecule has 0 fully saturated rings. The van der Waals surface area contributed by atoms with E-state index < -0.39 is 0 Å². The summed E-state index contributed by atoms with van der Waals surface area (Å²) in [4.78, 5) is 0. The predicted octanol–water partition coefficient (Wildman–Crippen LogP) is 2.07. The number of nitrogens with two attached hydrogens (primary N) is 1. The number of hydrogen-bond acceptors (Lipinski definition) is 4. The second kappa shape index (κ2) is 5.88. The number of hydrogen-bond donors (Lipinski definition) is 1. The molecular formula is C11H17NO2S. The molecule has 1 aromatic carbocycles. The molecule has 0 saturated carbocycles. The van der Waals surface area contributed by atoms with Gasteiger partial charge in [-0.1, -0.05) is 6.07 Å². The first-order chi connectivity index (χ1) is 7.24. The average Bonchev–Trinajstić information content (AvgIpc) is 2.28. The van der Waals surface area contributed by atoms with Gasteiger partial charge in [0.2, 0.25) is 0 Å². The summed E-state index contributed by atoms with van der Waals surface area (Å²) in [5, 5.41) is 0. The molecule has 84 valence electrons. The van der Waals surface area contributed by atoms with Crippen LogP contribution < -0.4 is 15.2 Å². The molecule has 4 heteroatoms. The lowest BCUT2D eigenvalue weighted by Crippen LogP contribution is -2.15. The van der Waals surface area contributed by atoms with Crippen LogP contribution in [0.25, 0.3) is 0 Å². The van der Waals surface area contributed by atoms with Gasteiger partial charge in [0, 0.05) is 11.8 Å². The summed E-state index contributed by atoms with van der Waals surface area (Å²) in [5.41, 5.74) is 7.02. The van der Waals surface area contributed by atoms with Gasteiger partial charge in [-0.2, -0.15) is 11.8 Å². The molecule has 1 atom stereocenters. The Kier molecular flexibility index (Phi) is 4.78. The summed E-state index contributed by atoms with van der Waals surface area (Å²) in [6.45, 7) is 0. The number of methoxy groups -OCH3 is 2. The van der Waals surface area contributed by atoms with Crippen molar-refractivity contribution in [2.24, 2.45) is 5.73 Å². The van der Waals surface area contributed by atoms with Crippen LogP contribution in [0.5, 0.6) is 11.5 Å². The lowest BCUT2D eigenvalue weighted by molar-refractivity contribution is 0.381. The van der Waals surface area contributed by atoms with Gasteiger partial charge in [-0.3, -0.25) is 0 Å². The Morgan fingerprint density at radius 3 is 2.20 bits per heavy atom. The number of benzene rings is 1. The Labute approximate surface area is 94.9 Å². The molecule has 0 saturated heterocycles. The van der Waals surface area contributed by atoms with Crippen molar-refractivity contribution in [3.05, 3.63) is 23.8 Å². The monoisotopic (exact) mass is 227 g/mol. The SMILES string of the molecule is COc1cccc(OC)c1C(N)CSC. The van der Waals surface area contributed by atoms with Gasteiger partial charge in [0.25, 0.3) is 0 Å². The summed E-state index contributed by atoms with van der Waals surface area (Å²) in [5.74, 6) is 2.42. The van der Waals surface area contributed by atoms with Crippen LogP contribution >= 0.6 is 11.8 Å². The maximum atomic E-state index is 6.08. The fraction of sp³-hybridized carbons (Fsp3) is 0.455. The van der Waals surface area contributed by atoms with Crippen molar-refractivity contribution < 1.29 is 9.47 Å². The van der Waals surface area contributed by atoms with E-state index in [9.17, 15) is 0 Å². The van der Waals surface area contributed by atoms with Crippen molar-refractivity contribution in [2.75, 3.05) is 26.2 Å². The highest BCUT2D eigenvalue weighted by Crippen LogP contribution is 2.33. The third-order valence-corrected chi connectivity index (χ3v) is 2.88. The van der Waals surface area contributed by atoms with E-state index in [-0.39, 0.29) is 6.04 Å². The second-order valence-corrected chi connectivity index (χ2v) is 4.05. The third kappa shape index (κ3) is 2.79. The van der Waals surface area contributed by atoms with Crippen molar-refractivity contribution in [1.82, 2.24) is 0 Å². The van der Waals surface area contributed by atoms with E-state index in [0.29, 0.717) is 0 Å². The predicted molar refractivity (Wildman–Crippen MR) is 64.9 cm³/mol. The van der Waals surface area contributed by atoms with Gasteiger partial charge >= 0.3 is 0 Å². The standard InChI is InChI=1S/C11H17NO2S/c1-13-9-5-4-6-10(14-2)11(9)8(12)7-15-3/h4-6,8H,7,12H2,1-3H3. The van der Waals surface area contributed by atoms with Gasteiger partial charge in [-0.25, -0.2) is 0 Å². The molecule has 0 aliphatic heterocycles. The van der Waals surface area contributed by atoms with Crippen molar-refractivity contribution in [3.63, 3.8) is 0 Å². The number of ether oxygens (including phenoxy) is 2. The molecule has 3 nitrogen and oxygen atoms in total. The van der Waals surface area contributed by atoms with E-state index in [4.69, 9.17) is 15.2 Å². The van der Waals surface area contributed by atoms with Crippen molar-refractivity contribution in [3.8, 4) is 11.5 Å². The average molecular weight is 227 g/mol. The van der Waals surface area contributed by atoms with Crippen LogP contribution in [-0.2, 0) is 0 Å². The highest BCUT2D eigenvalue weighted by molar-refractivity contribution is 7.98. The van der Waals surface area contributed by atoms with Crippen LogP contribution in [-0.4, -0.2) is 26.2 Å². The normalized spacial score (nSPS) is 12.3. The zero-order valence-electron chi connectivity index (χ0n) is 9.32. The third-order valence-electron chi connectivity index (χ3n) is 2.18. The number of thioether (sulfide) groups is 1. The van der Waals surface area contributed by atoms with Gasteiger partial charge < -0.3 is 15.2 Å². The van der Waals surface area contributed by atoms with E-state index in [2.05, 4.69) is 0 Å². The molecule has 0 bridgehead atoms. The van der Waals surface area contributed by atoms with Crippen LogP contribution in [0.1, 0.15) is 11.6 Å². The van der Waals surface area contributed by atoms with E-state index in [0.717, 1.165) is 22.8 Å². The Bertz CT molecular complexity index is 295. The van der Waals surface area contributed by atoms with E-state index >= 15 is 0 Å². The molecule has 0 heterocycles. The van der Waals surface area contributed by atoms with E-state index in [1.165, 1.54) is 0 Å². The van der Waals surface area contributed by atoms with E-state index in [1.54, 1.807) is 26.0 Å². The highest BCUT2D eigenvalue weighted by atomic mass is 32.2. The molecule has 0 aliphatic carbocycles. The van der Waals surface area contributed by atoms with Gasteiger partial charge in [-0.05, 0) is 18.4 Å². The van der Waals surface area contributed by atoms with Crippen molar-refractivity contribution in [2.45, 2.75) is 6.04 Å². The smallest absolute Gasteiger partial charge is 0.127 e. The lowest BCUT2D eigenvalue weighted by atomic mass is 10.1. The molecule has 0 amide bonds. The molecule has 15 heavy (non-hydrogen) atoms. The molecule has 0 spiro atoms. The first-order valence-corrected chi connectivity index (χ1v) is 6.09. The Hall–Kier alpha value is -0.870. The Morgan fingerprint density at radius 1 is 1.27 bits per heavy atom. The quantitative estimate of drug-likeness (QED) is 0.836. The van der Waals surface area contributed by atoms with Gasteiger partial charge in [0.05, 0.1) is 19.8 Å². The minimum atomic E-state index is -0.0638. The summed E-state index contributed by atoms with van der Waals surface area (Å²) in [6.07, 6.45) is 2.03. The zero-order chi connectivity index (χ0) is 11.3. The first-order valence-electron chi connectivity index (χ1n) is 4.70. The topological polar surface area (TPSA) is 44.5 Å². The Morgan fingerprint density at radius 2 is 1.80 bits per heavy atom. The highest BCUT2D eigenvalue weighted by Gasteiger charge is 2.16. The van der Waals surface area contributed by atoms with Crippen LogP contribution in [0, 0.1) is 0 Å². The molecule has 0 aliphatic rings. The fourth-order valence-electron chi connectivity index (χ4n) is 1.51. The first kappa shape index (κ1) is 12.2. The lowest BCUT2D eigenvalue weighted by Gasteiger charge is -2.17. The molecule has 2 N–H and O–H groups in total. The molecule has 0 radical (unpaired) electrons. The maximum Gasteiger partial charge on any atom is 0.127 e. The summed E-state index contributed by atoms with van der Waals surface area (Å²) in [6, 6.07) is 5.63. The number of rotatable bonds is 5. The van der Waals surface area contributed by atoms with Crippen molar-refractivity contribution >= 4 is 11.8 Å². The van der Waals surface area contributed by atoms with Crippen LogP contribution in [0.4, 0.5) is 0 Å². The fourth-order valence-corrected chi connectivity index (χ4v) is 2.03. The maximum absolute atomic E-state index is 6.08. The molecule has 1 unspecified atom stereocenters. The van der Waals surface area contributed by atoms with Crippen molar-refractivity contribution in [1.29, 1.82) is 0 Å². The molecule has 0 aromatic heterocycles. The van der Waals surface area contributed by atoms with E-state index in [1.807, 2.05) is 24.5 Å². The van der Waals surface area contributed by atoms with Gasteiger partial charge in [-0.15, -0.1) is 0 Å². The van der Waals surface area contributed by atoms with Crippen LogP contribution in [0.3, 0.4) is 0 Å². The minimum Gasteiger partial charge on any atom is -0.496 e. The zero-order valence-corrected chi connectivity index (χ0v) is 10.1. The molecule has 1 aromatic rings. The van der Waals surface area contributed by atoms with Crippen LogP contribution in [0.2, 0.25) is 0 Å². The summed E-state index contributed by atoms with van der Waals surface area (Å²) < 4.78 is 10.6. The summed E-state index contributed by atoms with van der Waals surface area (Å²) >= 11 is 1.71. The van der Waals surface area contributed by atoms with Gasteiger partial charge in [0.1, 0.15) is 11.5 Å².